The number of anilines is 1. The molecule has 96 valence electrons. The molecule has 4 rings (SSSR count). The molecule has 0 radical (unpaired) electrons. The summed E-state index contributed by atoms with van der Waals surface area (Å²) in [6, 6.07) is 11.1. The Balaban J connectivity index is 1.67. The standard InChI is InChI=1S/C14H14N4S/c1-10-9-18-13(15-10)19-14(16-18)17-8-7-12(17)11-5-3-2-4-6-11/h2-6,9,12H,7-8H2,1H3/t12-/m0/s1. The van der Waals surface area contributed by atoms with E-state index in [-0.39, 0.29) is 0 Å². The summed E-state index contributed by atoms with van der Waals surface area (Å²) in [4.78, 5) is 7.81. The van der Waals surface area contributed by atoms with Gasteiger partial charge in [0.05, 0.1) is 17.9 Å². The third kappa shape index (κ3) is 1.73. The molecule has 1 aromatic carbocycles. The summed E-state index contributed by atoms with van der Waals surface area (Å²) in [6.07, 6.45) is 3.18. The average Bonchev–Trinajstić information content (AvgIpc) is 2.86. The maximum absolute atomic E-state index is 4.63. The lowest BCUT2D eigenvalue weighted by molar-refractivity contribution is 0.463. The zero-order valence-corrected chi connectivity index (χ0v) is 11.5. The van der Waals surface area contributed by atoms with Crippen LogP contribution in [0.2, 0.25) is 0 Å². The summed E-state index contributed by atoms with van der Waals surface area (Å²) in [6.45, 7) is 3.08. The molecule has 4 nitrogen and oxygen atoms in total. The van der Waals surface area contributed by atoms with Crippen molar-refractivity contribution >= 4 is 21.4 Å². The molecule has 5 heteroatoms. The van der Waals surface area contributed by atoms with Crippen molar-refractivity contribution in [3.63, 3.8) is 0 Å². The minimum atomic E-state index is 0.471. The van der Waals surface area contributed by atoms with Gasteiger partial charge in [0.1, 0.15) is 0 Å². The number of aromatic nitrogens is 3. The molecule has 19 heavy (non-hydrogen) atoms. The molecule has 0 amide bonds. The highest BCUT2D eigenvalue weighted by molar-refractivity contribution is 7.20. The molecule has 0 aliphatic carbocycles. The van der Waals surface area contributed by atoms with Crippen LogP contribution in [0, 0.1) is 6.92 Å². The van der Waals surface area contributed by atoms with Gasteiger partial charge in [-0.3, -0.25) is 0 Å². The Bertz CT molecular complexity index is 684. The van der Waals surface area contributed by atoms with Gasteiger partial charge < -0.3 is 4.90 Å². The summed E-state index contributed by atoms with van der Waals surface area (Å²) in [5.41, 5.74) is 2.39. The Morgan fingerprint density at radius 2 is 2.11 bits per heavy atom. The third-order valence-corrected chi connectivity index (χ3v) is 4.56. The molecule has 0 bridgehead atoms. The predicted molar refractivity (Wildman–Crippen MR) is 76.7 cm³/mol. The number of rotatable bonds is 2. The predicted octanol–water partition coefficient (Wildman–Crippen LogP) is 3.05. The highest BCUT2D eigenvalue weighted by Crippen LogP contribution is 2.39. The first-order chi connectivity index (χ1) is 9.31. The molecular formula is C14H14N4S. The first-order valence-electron chi connectivity index (χ1n) is 6.46. The summed E-state index contributed by atoms with van der Waals surface area (Å²) in [5, 5.41) is 5.70. The zero-order valence-electron chi connectivity index (χ0n) is 10.7. The Morgan fingerprint density at radius 1 is 1.26 bits per heavy atom. The molecule has 0 saturated carbocycles. The lowest BCUT2D eigenvalue weighted by atomic mass is 9.96. The third-order valence-electron chi connectivity index (χ3n) is 3.60. The lowest BCUT2D eigenvalue weighted by Crippen LogP contribution is -2.40. The van der Waals surface area contributed by atoms with E-state index in [0.29, 0.717) is 6.04 Å². The monoisotopic (exact) mass is 270 g/mol. The van der Waals surface area contributed by atoms with Crippen molar-refractivity contribution in [1.29, 1.82) is 0 Å². The highest BCUT2D eigenvalue weighted by Gasteiger charge is 2.31. The van der Waals surface area contributed by atoms with Gasteiger partial charge in [-0.2, -0.15) is 0 Å². The van der Waals surface area contributed by atoms with Crippen LogP contribution in [0.25, 0.3) is 4.96 Å². The molecule has 0 unspecified atom stereocenters. The Morgan fingerprint density at radius 3 is 2.79 bits per heavy atom. The first kappa shape index (κ1) is 11.0. The minimum absolute atomic E-state index is 0.471. The Kier molecular flexibility index (Phi) is 2.35. The molecule has 1 saturated heterocycles. The van der Waals surface area contributed by atoms with Crippen LogP contribution in [-0.4, -0.2) is 21.1 Å². The van der Waals surface area contributed by atoms with Crippen molar-refractivity contribution in [3.05, 3.63) is 47.8 Å². The van der Waals surface area contributed by atoms with E-state index >= 15 is 0 Å². The second-order valence-electron chi connectivity index (χ2n) is 4.90. The molecule has 0 spiro atoms. The summed E-state index contributed by atoms with van der Waals surface area (Å²) >= 11 is 1.67. The summed E-state index contributed by atoms with van der Waals surface area (Å²) in [7, 11) is 0. The van der Waals surface area contributed by atoms with Gasteiger partial charge in [0.2, 0.25) is 10.1 Å². The van der Waals surface area contributed by atoms with E-state index in [1.807, 2.05) is 17.6 Å². The minimum Gasteiger partial charge on any atom is -0.339 e. The fourth-order valence-electron chi connectivity index (χ4n) is 2.55. The van der Waals surface area contributed by atoms with Crippen LogP contribution >= 0.6 is 11.3 Å². The van der Waals surface area contributed by atoms with Crippen molar-refractivity contribution in [2.24, 2.45) is 0 Å². The molecule has 3 heterocycles. The van der Waals surface area contributed by atoms with E-state index in [4.69, 9.17) is 0 Å². The quantitative estimate of drug-likeness (QED) is 0.717. The van der Waals surface area contributed by atoms with Crippen LogP contribution < -0.4 is 4.90 Å². The average molecular weight is 270 g/mol. The van der Waals surface area contributed by atoms with Gasteiger partial charge in [-0.25, -0.2) is 9.50 Å². The number of benzene rings is 1. The van der Waals surface area contributed by atoms with E-state index in [9.17, 15) is 0 Å². The zero-order chi connectivity index (χ0) is 12.8. The number of nitrogens with zero attached hydrogens (tertiary/aromatic N) is 4. The number of imidazole rings is 1. The molecule has 1 fully saturated rings. The fourth-order valence-corrected chi connectivity index (χ4v) is 3.56. The Hall–Kier alpha value is -1.88. The molecule has 2 aromatic heterocycles. The van der Waals surface area contributed by atoms with Gasteiger partial charge in [0, 0.05) is 6.54 Å². The smallest absolute Gasteiger partial charge is 0.214 e. The van der Waals surface area contributed by atoms with Crippen molar-refractivity contribution in [2.45, 2.75) is 19.4 Å². The number of aryl methyl sites for hydroxylation is 1. The fraction of sp³-hybridized carbons (Fsp3) is 0.286. The van der Waals surface area contributed by atoms with Crippen molar-refractivity contribution in [2.75, 3.05) is 11.4 Å². The second-order valence-corrected chi connectivity index (χ2v) is 5.84. The molecule has 3 aromatic rings. The van der Waals surface area contributed by atoms with Crippen LogP contribution in [0.4, 0.5) is 5.13 Å². The molecule has 1 atom stereocenters. The van der Waals surface area contributed by atoms with Gasteiger partial charge in [-0.1, -0.05) is 41.7 Å². The van der Waals surface area contributed by atoms with Crippen LogP contribution in [0.15, 0.2) is 36.5 Å². The maximum Gasteiger partial charge on any atom is 0.214 e. The van der Waals surface area contributed by atoms with E-state index in [0.717, 1.165) is 22.3 Å². The largest absolute Gasteiger partial charge is 0.339 e. The van der Waals surface area contributed by atoms with Crippen LogP contribution in [0.3, 0.4) is 0 Å². The Labute approximate surface area is 115 Å². The van der Waals surface area contributed by atoms with Gasteiger partial charge in [-0.15, -0.1) is 5.10 Å². The van der Waals surface area contributed by atoms with Crippen molar-refractivity contribution < 1.29 is 0 Å². The van der Waals surface area contributed by atoms with E-state index in [2.05, 4.69) is 45.3 Å². The summed E-state index contributed by atoms with van der Waals surface area (Å²) in [5.74, 6) is 0. The van der Waals surface area contributed by atoms with E-state index in [1.165, 1.54) is 12.0 Å². The number of hydrogen-bond donors (Lipinski definition) is 0. The molecule has 1 aliphatic rings. The van der Waals surface area contributed by atoms with Crippen LogP contribution in [-0.2, 0) is 0 Å². The number of fused-ring (bicyclic) bond motifs is 1. The second kappa shape index (κ2) is 4.06. The topological polar surface area (TPSA) is 33.4 Å². The van der Waals surface area contributed by atoms with E-state index < -0.39 is 0 Å². The number of hydrogen-bond acceptors (Lipinski definition) is 4. The molecule has 1 aliphatic heterocycles. The highest BCUT2D eigenvalue weighted by atomic mass is 32.1. The van der Waals surface area contributed by atoms with Crippen LogP contribution in [0.5, 0.6) is 0 Å². The molecule has 0 N–H and O–H groups in total. The lowest BCUT2D eigenvalue weighted by Gasteiger charge is -2.40. The van der Waals surface area contributed by atoms with Gasteiger partial charge in [0.15, 0.2) is 0 Å². The van der Waals surface area contributed by atoms with Gasteiger partial charge >= 0.3 is 0 Å². The van der Waals surface area contributed by atoms with Gasteiger partial charge in [0.25, 0.3) is 0 Å². The van der Waals surface area contributed by atoms with Crippen molar-refractivity contribution in [1.82, 2.24) is 14.6 Å². The normalized spacial score (nSPS) is 18.8. The van der Waals surface area contributed by atoms with Gasteiger partial charge in [-0.05, 0) is 18.9 Å². The summed E-state index contributed by atoms with van der Waals surface area (Å²) < 4.78 is 1.88. The van der Waals surface area contributed by atoms with Crippen LogP contribution in [0.1, 0.15) is 23.7 Å². The first-order valence-corrected chi connectivity index (χ1v) is 7.27. The SMILES string of the molecule is Cc1cn2nc(N3CC[C@H]3c3ccccc3)sc2n1. The molecular weight excluding hydrogens is 256 g/mol. The maximum atomic E-state index is 4.63. The van der Waals surface area contributed by atoms with E-state index in [1.54, 1.807) is 11.3 Å². The van der Waals surface area contributed by atoms with Crippen molar-refractivity contribution in [3.8, 4) is 0 Å².